The van der Waals surface area contributed by atoms with Crippen LogP contribution in [0.1, 0.15) is 21.7 Å². The highest BCUT2D eigenvalue weighted by Gasteiger charge is 2.28. The van der Waals surface area contributed by atoms with Crippen molar-refractivity contribution < 1.29 is 22.4 Å². The van der Waals surface area contributed by atoms with Gasteiger partial charge in [-0.25, -0.2) is 13.2 Å². The molecule has 3 rings (SSSR count). The Morgan fingerprint density at radius 3 is 2.46 bits per heavy atom. The SMILES string of the molecule is COC(=O)c1occc1CN1CCN(S(=O)(=O)Cc2ccccc2)CC1. The number of methoxy groups -OCH3 is 1. The number of hydrogen-bond acceptors (Lipinski definition) is 6. The average Bonchev–Trinajstić information content (AvgIpc) is 3.10. The van der Waals surface area contributed by atoms with Gasteiger partial charge in [0.15, 0.2) is 0 Å². The van der Waals surface area contributed by atoms with E-state index in [1.54, 1.807) is 6.07 Å². The minimum atomic E-state index is -3.33. The summed E-state index contributed by atoms with van der Waals surface area (Å²) in [6.45, 7) is 2.58. The van der Waals surface area contributed by atoms with Gasteiger partial charge in [-0.15, -0.1) is 0 Å². The molecule has 1 aliphatic rings. The zero-order valence-electron chi connectivity index (χ0n) is 14.6. The Kier molecular flexibility index (Phi) is 5.75. The highest BCUT2D eigenvalue weighted by Crippen LogP contribution is 2.18. The lowest BCUT2D eigenvalue weighted by Crippen LogP contribution is -2.48. The molecule has 8 heteroatoms. The van der Waals surface area contributed by atoms with Gasteiger partial charge in [-0.1, -0.05) is 30.3 Å². The third-order valence-corrected chi connectivity index (χ3v) is 6.28. The molecule has 0 N–H and O–H groups in total. The summed E-state index contributed by atoms with van der Waals surface area (Å²) in [5, 5.41) is 0. The van der Waals surface area contributed by atoms with Gasteiger partial charge in [0.05, 0.1) is 19.1 Å². The second kappa shape index (κ2) is 8.03. The normalized spacial score (nSPS) is 16.5. The van der Waals surface area contributed by atoms with Crippen molar-refractivity contribution in [3.05, 3.63) is 59.5 Å². The van der Waals surface area contributed by atoms with Crippen LogP contribution < -0.4 is 0 Å². The van der Waals surface area contributed by atoms with Gasteiger partial charge in [-0.2, -0.15) is 4.31 Å². The molecule has 1 aromatic carbocycles. The Morgan fingerprint density at radius 2 is 1.81 bits per heavy atom. The van der Waals surface area contributed by atoms with E-state index in [2.05, 4.69) is 4.90 Å². The van der Waals surface area contributed by atoms with Gasteiger partial charge in [0.2, 0.25) is 15.8 Å². The van der Waals surface area contributed by atoms with Gasteiger partial charge >= 0.3 is 5.97 Å². The van der Waals surface area contributed by atoms with E-state index in [0.29, 0.717) is 32.7 Å². The summed E-state index contributed by atoms with van der Waals surface area (Å²) in [6.07, 6.45) is 1.46. The summed E-state index contributed by atoms with van der Waals surface area (Å²) >= 11 is 0. The Balaban J connectivity index is 1.57. The molecule has 7 nitrogen and oxygen atoms in total. The third kappa shape index (κ3) is 4.32. The molecule has 0 spiro atoms. The van der Waals surface area contributed by atoms with E-state index in [-0.39, 0.29) is 11.5 Å². The molecular formula is C18H22N2O5S. The van der Waals surface area contributed by atoms with Crippen LogP contribution in [-0.2, 0) is 27.1 Å². The quantitative estimate of drug-likeness (QED) is 0.712. The first-order valence-electron chi connectivity index (χ1n) is 8.38. The molecule has 2 aromatic rings. The number of benzene rings is 1. The van der Waals surface area contributed by atoms with Crippen LogP contribution in [0, 0.1) is 0 Å². The van der Waals surface area contributed by atoms with Crippen LogP contribution in [0.4, 0.5) is 0 Å². The average molecular weight is 378 g/mol. The molecule has 0 amide bonds. The maximum absolute atomic E-state index is 12.6. The van der Waals surface area contributed by atoms with E-state index in [9.17, 15) is 13.2 Å². The van der Waals surface area contributed by atoms with Crippen molar-refractivity contribution in [1.29, 1.82) is 0 Å². The largest absolute Gasteiger partial charge is 0.463 e. The van der Waals surface area contributed by atoms with Gasteiger partial charge in [0.25, 0.3) is 0 Å². The van der Waals surface area contributed by atoms with E-state index >= 15 is 0 Å². The van der Waals surface area contributed by atoms with E-state index < -0.39 is 16.0 Å². The summed E-state index contributed by atoms with van der Waals surface area (Å²) in [6, 6.07) is 10.9. The summed E-state index contributed by atoms with van der Waals surface area (Å²) in [4.78, 5) is 13.8. The molecule has 1 aliphatic heterocycles. The van der Waals surface area contributed by atoms with Crippen molar-refractivity contribution in [2.75, 3.05) is 33.3 Å². The lowest BCUT2D eigenvalue weighted by molar-refractivity contribution is 0.0561. The molecule has 0 unspecified atom stereocenters. The van der Waals surface area contributed by atoms with Crippen LogP contribution in [0.5, 0.6) is 0 Å². The fourth-order valence-corrected chi connectivity index (χ4v) is 4.53. The summed E-state index contributed by atoms with van der Waals surface area (Å²) in [7, 11) is -2.02. The number of esters is 1. The van der Waals surface area contributed by atoms with Gasteiger partial charge in [-0.05, 0) is 11.6 Å². The molecule has 0 bridgehead atoms. The number of carbonyl (C=O) groups is 1. The highest BCUT2D eigenvalue weighted by molar-refractivity contribution is 7.88. The molecule has 0 radical (unpaired) electrons. The lowest BCUT2D eigenvalue weighted by Gasteiger charge is -2.33. The summed E-state index contributed by atoms with van der Waals surface area (Å²) < 4.78 is 36.6. The van der Waals surface area contributed by atoms with Crippen LogP contribution >= 0.6 is 0 Å². The molecule has 26 heavy (non-hydrogen) atoms. The third-order valence-electron chi connectivity index (χ3n) is 4.43. The molecule has 0 aliphatic carbocycles. The van der Waals surface area contributed by atoms with E-state index in [1.165, 1.54) is 17.7 Å². The minimum absolute atomic E-state index is 0.0159. The first-order valence-corrected chi connectivity index (χ1v) is 9.99. The zero-order chi connectivity index (χ0) is 18.6. The molecule has 2 heterocycles. The number of nitrogens with zero attached hydrogens (tertiary/aromatic N) is 2. The molecule has 1 fully saturated rings. The first-order chi connectivity index (χ1) is 12.5. The van der Waals surface area contributed by atoms with Crippen molar-refractivity contribution in [3.63, 3.8) is 0 Å². The molecule has 1 aromatic heterocycles. The van der Waals surface area contributed by atoms with Gasteiger partial charge in [0, 0.05) is 38.3 Å². The molecular weight excluding hydrogens is 356 g/mol. The molecule has 140 valence electrons. The fourth-order valence-electron chi connectivity index (χ4n) is 3.01. The number of piperazine rings is 1. The number of sulfonamides is 1. The Hall–Kier alpha value is -2.16. The van der Waals surface area contributed by atoms with Gasteiger partial charge in [-0.3, -0.25) is 4.90 Å². The zero-order valence-corrected chi connectivity index (χ0v) is 15.4. The molecule has 1 saturated heterocycles. The lowest BCUT2D eigenvalue weighted by atomic mass is 10.2. The monoisotopic (exact) mass is 378 g/mol. The van der Waals surface area contributed by atoms with Crippen molar-refractivity contribution in [3.8, 4) is 0 Å². The van der Waals surface area contributed by atoms with Crippen molar-refractivity contribution in [2.45, 2.75) is 12.3 Å². The van der Waals surface area contributed by atoms with Gasteiger partial charge in [0.1, 0.15) is 0 Å². The van der Waals surface area contributed by atoms with Crippen LogP contribution in [0.25, 0.3) is 0 Å². The minimum Gasteiger partial charge on any atom is -0.463 e. The predicted molar refractivity (Wildman–Crippen MR) is 96.0 cm³/mol. The van der Waals surface area contributed by atoms with Crippen molar-refractivity contribution in [1.82, 2.24) is 9.21 Å². The summed E-state index contributed by atoms with van der Waals surface area (Å²) in [5.74, 6) is -0.289. The maximum atomic E-state index is 12.6. The number of hydrogen-bond donors (Lipinski definition) is 0. The van der Waals surface area contributed by atoms with Crippen molar-refractivity contribution >= 4 is 16.0 Å². The van der Waals surface area contributed by atoms with Crippen LogP contribution in [0.3, 0.4) is 0 Å². The second-order valence-corrected chi connectivity index (χ2v) is 8.15. The fraction of sp³-hybridized carbons (Fsp3) is 0.389. The number of furan rings is 1. The van der Waals surface area contributed by atoms with Gasteiger partial charge < -0.3 is 9.15 Å². The maximum Gasteiger partial charge on any atom is 0.374 e. The smallest absolute Gasteiger partial charge is 0.374 e. The van der Waals surface area contributed by atoms with E-state index in [1.807, 2.05) is 30.3 Å². The standard InChI is InChI=1S/C18H22N2O5S/c1-24-18(21)17-16(7-12-25-17)13-19-8-10-20(11-9-19)26(22,23)14-15-5-3-2-4-6-15/h2-7,12H,8-11,13-14H2,1H3. The van der Waals surface area contributed by atoms with Crippen molar-refractivity contribution in [2.24, 2.45) is 0 Å². The van der Waals surface area contributed by atoms with Crippen LogP contribution in [-0.4, -0.2) is 56.9 Å². The number of ether oxygens (including phenoxy) is 1. The van der Waals surface area contributed by atoms with E-state index in [4.69, 9.17) is 9.15 Å². The Labute approximate surface area is 153 Å². The second-order valence-electron chi connectivity index (χ2n) is 6.18. The Morgan fingerprint density at radius 1 is 1.12 bits per heavy atom. The highest BCUT2D eigenvalue weighted by atomic mass is 32.2. The topological polar surface area (TPSA) is 80.1 Å². The summed E-state index contributed by atoms with van der Waals surface area (Å²) in [5.41, 5.74) is 1.54. The number of rotatable bonds is 6. The first kappa shape index (κ1) is 18.6. The molecule has 0 atom stereocenters. The predicted octanol–water partition coefficient (Wildman–Crippen LogP) is 1.71. The van der Waals surface area contributed by atoms with Crippen LogP contribution in [0.15, 0.2) is 47.1 Å². The van der Waals surface area contributed by atoms with Crippen LogP contribution in [0.2, 0.25) is 0 Å². The number of carbonyl (C=O) groups excluding carboxylic acids is 1. The van der Waals surface area contributed by atoms with E-state index in [0.717, 1.165) is 11.1 Å². The Bertz CT molecular complexity index is 839. The molecule has 0 saturated carbocycles.